The third-order valence-corrected chi connectivity index (χ3v) is 13.7. The van der Waals surface area contributed by atoms with E-state index in [1.54, 1.807) is 62.8 Å². The molecule has 1 aliphatic carbocycles. The van der Waals surface area contributed by atoms with Crippen molar-refractivity contribution in [2.45, 2.75) is 75.9 Å². The van der Waals surface area contributed by atoms with Crippen molar-refractivity contribution in [1.82, 2.24) is 9.13 Å². The van der Waals surface area contributed by atoms with Gasteiger partial charge in [0.1, 0.15) is 17.6 Å². The Morgan fingerprint density at radius 3 is 2.02 bits per heavy atom. The zero-order chi connectivity index (χ0) is 32.1. The molecule has 2 aliphatic rings. The second-order valence-electron chi connectivity index (χ2n) is 12.9. The summed E-state index contributed by atoms with van der Waals surface area (Å²) in [5.41, 5.74) is -1.76. The van der Waals surface area contributed by atoms with Gasteiger partial charge in [0.05, 0.1) is 39.9 Å². The SMILES string of the molecule is COc1ccc(CO[C@H]2[C@H](n3ccc(=O)n(Cc4ccc(OC)cc4)c3=O)O[C@@]3(CO[Si](C)(C)C(C)(C)C)[C@@H]2C3(F)F)cc1. The molecule has 238 valence electrons. The van der Waals surface area contributed by atoms with Gasteiger partial charge in [0.25, 0.3) is 11.5 Å². The summed E-state index contributed by atoms with van der Waals surface area (Å²) in [7, 11) is 0.673. The molecule has 0 amide bonds. The minimum Gasteiger partial charge on any atom is -0.497 e. The third kappa shape index (κ3) is 5.64. The van der Waals surface area contributed by atoms with Crippen LogP contribution >= 0.6 is 0 Å². The number of hydrogen-bond acceptors (Lipinski definition) is 7. The van der Waals surface area contributed by atoms with E-state index in [-0.39, 0.29) is 24.8 Å². The van der Waals surface area contributed by atoms with Crippen molar-refractivity contribution < 1.29 is 32.2 Å². The maximum absolute atomic E-state index is 15.7. The van der Waals surface area contributed by atoms with Gasteiger partial charge in [0.15, 0.2) is 20.1 Å². The fraction of sp³-hybridized carbons (Fsp3) is 0.500. The zero-order valence-corrected chi connectivity index (χ0v) is 27.1. The molecule has 4 atom stereocenters. The third-order valence-electron chi connectivity index (χ3n) is 9.24. The summed E-state index contributed by atoms with van der Waals surface area (Å²) >= 11 is 0. The molecule has 1 saturated carbocycles. The number of alkyl halides is 2. The monoisotopic (exact) mass is 630 g/mol. The van der Waals surface area contributed by atoms with Crippen LogP contribution in [0.1, 0.15) is 38.1 Å². The molecule has 5 rings (SSSR count). The molecule has 9 nitrogen and oxygen atoms in total. The summed E-state index contributed by atoms with van der Waals surface area (Å²) in [6.07, 6.45) is -1.12. The van der Waals surface area contributed by atoms with Crippen LogP contribution < -0.4 is 20.7 Å². The van der Waals surface area contributed by atoms with E-state index in [9.17, 15) is 9.59 Å². The Labute approximate surface area is 256 Å². The van der Waals surface area contributed by atoms with Gasteiger partial charge < -0.3 is 23.4 Å². The number of fused-ring (bicyclic) bond motifs is 1. The highest BCUT2D eigenvalue weighted by molar-refractivity contribution is 6.74. The lowest BCUT2D eigenvalue weighted by Gasteiger charge is -2.37. The van der Waals surface area contributed by atoms with Gasteiger partial charge in [0.2, 0.25) is 0 Å². The fourth-order valence-electron chi connectivity index (χ4n) is 5.35. The number of methoxy groups -OCH3 is 2. The van der Waals surface area contributed by atoms with E-state index in [0.717, 1.165) is 10.1 Å². The molecule has 2 fully saturated rings. The molecule has 0 unspecified atom stereocenters. The number of aromatic nitrogens is 2. The molecule has 44 heavy (non-hydrogen) atoms. The summed E-state index contributed by atoms with van der Waals surface area (Å²) in [6.45, 7) is 9.72. The standard InChI is InChI=1S/C32H40F2N2O7Si/c1-30(2,3)44(6,7)42-20-31-27(32(31,33)34)26(41-19-22-10-14-24(40-5)15-11-22)28(43-31)35-17-16-25(37)36(29(35)38)18-21-8-12-23(39-4)13-9-21/h8-17,26-28H,18-20H2,1-7H3/t26-,27-,28-,31+/m1/s1. The Morgan fingerprint density at radius 1 is 0.909 bits per heavy atom. The van der Waals surface area contributed by atoms with Crippen LogP contribution in [-0.2, 0) is 27.1 Å². The molecular weight excluding hydrogens is 590 g/mol. The smallest absolute Gasteiger partial charge is 0.333 e. The van der Waals surface area contributed by atoms with Crippen LogP contribution in [0.15, 0.2) is 70.4 Å². The average molecular weight is 631 g/mol. The molecule has 0 bridgehead atoms. The molecule has 0 spiro atoms. The lowest BCUT2D eigenvalue weighted by Crippen LogP contribution is -2.46. The highest BCUT2D eigenvalue weighted by Crippen LogP contribution is 2.70. The van der Waals surface area contributed by atoms with Gasteiger partial charge in [-0.15, -0.1) is 0 Å². The van der Waals surface area contributed by atoms with Crippen molar-refractivity contribution in [2.75, 3.05) is 20.8 Å². The van der Waals surface area contributed by atoms with E-state index in [1.807, 2.05) is 33.9 Å². The van der Waals surface area contributed by atoms with Crippen molar-refractivity contribution in [3.8, 4) is 11.5 Å². The lowest BCUT2D eigenvalue weighted by atomic mass is 10.1. The molecule has 1 saturated heterocycles. The van der Waals surface area contributed by atoms with Gasteiger partial charge in [-0.3, -0.25) is 13.9 Å². The van der Waals surface area contributed by atoms with E-state index < -0.39 is 49.3 Å². The summed E-state index contributed by atoms with van der Waals surface area (Å²) in [4.78, 5) is 26.6. The maximum atomic E-state index is 15.7. The van der Waals surface area contributed by atoms with Crippen LogP contribution in [-0.4, -0.2) is 55.9 Å². The Hall–Kier alpha value is -3.32. The van der Waals surface area contributed by atoms with Crippen molar-refractivity contribution in [3.05, 3.63) is 92.8 Å². The Kier molecular flexibility index (Phi) is 8.42. The molecular formula is C32H40F2N2O7Si. The first-order chi connectivity index (χ1) is 20.6. The van der Waals surface area contributed by atoms with Crippen molar-refractivity contribution >= 4 is 8.32 Å². The van der Waals surface area contributed by atoms with Crippen LogP contribution in [0.4, 0.5) is 8.78 Å². The number of ether oxygens (including phenoxy) is 4. The first kappa shape index (κ1) is 32.1. The minimum atomic E-state index is -3.24. The quantitative estimate of drug-likeness (QED) is 0.269. The summed E-state index contributed by atoms with van der Waals surface area (Å²) in [6, 6.07) is 15.3. The highest BCUT2D eigenvalue weighted by Gasteiger charge is 2.90. The number of nitrogens with zero attached hydrogens (tertiary/aromatic N) is 2. The van der Waals surface area contributed by atoms with Gasteiger partial charge >= 0.3 is 5.69 Å². The number of hydrogen-bond donors (Lipinski definition) is 0. The zero-order valence-electron chi connectivity index (χ0n) is 26.1. The van der Waals surface area contributed by atoms with Crippen molar-refractivity contribution in [1.29, 1.82) is 0 Å². The first-order valence-electron chi connectivity index (χ1n) is 14.5. The second kappa shape index (κ2) is 11.6. The molecule has 1 aliphatic heterocycles. The van der Waals surface area contributed by atoms with Crippen LogP contribution in [0, 0.1) is 5.92 Å². The number of benzene rings is 2. The molecule has 0 N–H and O–H groups in total. The Balaban J connectivity index is 1.48. The molecule has 2 heterocycles. The van der Waals surface area contributed by atoms with Crippen LogP contribution in [0.25, 0.3) is 0 Å². The topological polar surface area (TPSA) is 90.2 Å². The van der Waals surface area contributed by atoms with Crippen LogP contribution in [0.2, 0.25) is 18.1 Å². The summed E-state index contributed by atoms with van der Waals surface area (Å²) in [5, 5.41) is -0.209. The van der Waals surface area contributed by atoms with E-state index >= 15 is 8.78 Å². The Morgan fingerprint density at radius 2 is 1.48 bits per heavy atom. The molecule has 3 aromatic rings. The predicted octanol–water partition coefficient (Wildman–Crippen LogP) is 5.22. The molecule has 0 radical (unpaired) electrons. The average Bonchev–Trinajstić information content (AvgIpc) is 3.26. The largest absolute Gasteiger partial charge is 0.497 e. The van der Waals surface area contributed by atoms with E-state index in [1.165, 1.54) is 16.8 Å². The first-order valence-corrected chi connectivity index (χ1v) is 17.4. The van der Waals surface area contributed by atoms with Gasteiger partial charge in [-0.05, 0) is 53.5 Å². The normalized spacial score (nSPS) is 24.2. The van der Waals surface area contributed by atoms with Crippen LogP contribution in [0.5, 0.6) is 11.5 Å². The van der Waals surface area contributed by atoms with Crippen molar-refractivity contribution in [3.63, 3.8) is 0 Å². The molecule has 2 aromatic carbocycles. The van der Waals surface area contributed by atoms with E-state index in [4.69, 9.17) is 23.4 Å². The fourth-order valence-corrected chi connectivity index (χ4v) is 6.36. The molecule has 12 heteroatoms. The summed E-state index contributed by atoms with van der Waals surface area (Å²) < 4.78 is 62.6. The van der Waals surface area contributed by atoms with Crippen LogP contribution in [0.3, 0.4) is 0 Å². The van der Waals surface area contributed by atoms with Gasteiger partial charge in [0, 0.05) is 12.3 Å². The second-order valence-corrected chi connectivity index (χ2v) is 17.8. The summed E-state index contributed by atoms with van der Waals surface area (Å²) in [5.74, 6) is -3.31. The maximum Gasteiger partial charge on any atom is 0.333 e. The van der Waals surface area contributed by atoms with Gasteiger partial charge in [-0.2, -0.15) is 0 Å². The van der Waals surface area contributed by atoms with Crippen molar-refractivity contribution in [2.24, 2.45) is 5.92 Å². The number of halogens is 2. The Bertz CT molecular complexity index is 1600. The molecule has 1 aromatic heterocycles. The van der Waals surface area contributed by atoms with Gasteiger partial charge in [-0.1, -0.05) is 45.0 Å². The van der Waals surface area contributed by atoms with E-state index in [2.05, 4.69) is 0 Å². The van der Waals surface area contributed by atoms with E-state index in [0.29, 0.717) is 17.1 Å². The minimum absolute atomic E-state index is 0.000506. The highest BCUT2D eigenvalue weighted by atomic mass is 28.4. The van der Waals surface area contributed by atoms with Gasteiger partial charge in [-0.25, -0.2) is 13.6 Å². The number of rotatable bonds is 11. The predicted molar refractivity (Wildman–Crippen MR) is 163 cm³/mol. The lowest BCUT2D eigenvalue weighted by molar-refractivity contribution is -0.170.